The van der Waals surface area contributed by atoms with Gasteiger partial charge < -0.3 is 15.4 Å². The van der Waals surface area contributed by atoms with Gasteiger partial charge in [-0.05, 0) is 33.0 Å². The maximum Gasteiger partial charge on any atom is 0.404 e. The first-order valence-electron chi connectivity index (χ1n) is 5.99. The quantitative estimate of drug-likeness (QED) is 0.601. The smallest absolute Gasteiger partial charge is 0.358 e. The number of benzene rings is 1. The molecule has 2 rings (SSSR count). The average molecular weight is 408 g/mol. The molecule has 0 aliphatic rings. The van der Waals surface area contributed by atoms with Crippen molar-refractivity contribution in [1.29, 1.82) is 0 Å². The highest BCUT2D eigenvalue weighted by Crippen LogP contribution is 2.29. The van der Waals surface area contributed by atoms with Gasteiger partial charge in [-0.3, -0.25) is 4.79 Å². The summed E-state index contributed by atoms with van der Waals surface area (Å²) in [6.07, 6.45) is 1.50. The number of nitrogens with zero attached hydrogens (tertiary/aromatic N) is 3. The SMILES string of the molecule is O=C(CCn1cc(Br)c([N+](=O)[O-])n1)Nc1c(Cl)cccc1Cl. The lowest BCUT2D eigenvalue weighted by atomic mass is 10.3. The number of aryl methyl sites for hydroxylation is 1. The number of carbonyl (C=O) groups excluding carboxylic acids is 1. The zero-order valence-corrected chi connectivity index (χ0v) is 14.0. The van der Waals surface area contributed by atoms with E-state index in [9.17, 15) is 14.9 Å². The van der Waals surface area contributed by atoms with E-state index in [0.717, 1.165) is 0 Å². The van der Waals surface area contributed by atoms with E-state index in [2.05, 4.69) is 26.3 Å². The van der Waals surface area contributed by atoms with E-state index < -0.39 is 4.92 Å². The molecule has 7 nitrogen and oxygen atoms in total. The van der Waals surface area contributed by atoms with Crippen molar-refractivity contribution in [3.63, 3.8) is 0 Å². The van der Waals surface area contributed by atoms with Crippen LogP contribution in [0.3, 0.4) is 0 Å². The van der Waals surface area contributed by atoms with E-state index in [-0.39, 0.29) is 29.2 Å². The number of carbonyl (C=O) groups is 1. The monoisotopic (exact) mass is 406 g/mol. The molecule has 1 aromatic heterocycles. The van der Waals surface area contributed by atoms with Crippen LogP contribution in [0.25, 0.3) is 0 Å². The van der Waals surface area contributed by atoms with Crippen molar-refractivity contribution in [1.82, 2.24) is 9.78 Å². The van der Waals surface area contributed by atoms with Gasteiger partial charge in [0.05, 0.1) is 33.6 Å². The topological polar surface area (TPSA) is 90.1 Å². The number of hydrogen-bond acceptors (Lipinski definition) is 4. The van der Waals surface area contributed by atoms with Crippen molar-refractivity contribution in [3.8, 4) is 0 Å². The van der Waals surface area contributed by atoms with Gasteiger partial charge in [-0.25, -0.2) is 0 Å². The number of nitrogens with one attached hydrogen (secondary N) is 1. The number of rotatable bonds is 5. The molecule has 0 spiro atoms. The molecule has 1 amide bonds. The second-order valence-electron chi connectivity index (χ2n) is 4.22. The minimum Gasteiger partial charge on any atom is -0.358 e. The highest BCUT2D eigenvalue weighted by molar-refractivity contribution is 9.10. The van der Waals surface area contributed by atoms with Crippen LogP contribution in [0, 0.1) is 10.1 Å². The van der Waals surface area contributed by atoms with Crippen molar-refractivity contribution < 1.29 is 9.72 Å². The van der Waals surface area contributed by atoms with Crippen LogP contribution in [0.2, 0.25) is 10.0 Å². The summed E-state index contributed by atoms with van der Waals surface area (Å²) in [7, 11) is 0. The number of para-hydroxylation sites is 1. The Labute approximate surface area is 143 Å². The van der Waals surface area contributed by atoms with E-state index >= 15 is 0 Å². The van der Waals surface area contributed by atoms with Crippen molar-refractivity contribution in [2.75, 3.05) is 5.32 Å². The first-order valence-corrected chi connectivity index (χ1v) is 7.54. The highest BCUT2D eigenvalue weighted by Gasteiger charge is 2.19. The third kappa shape index (κ3) is 3.96. The summed E-state index contributed by atoms with van der Waals surface area (Å²) in [4.78, 5) is 22.0. The Kier molecular flexibility index (Phi) is 5.38. The third-order valence-corrected chi connectivity index (χ3v) is 3.86. The Morgan fingerprint density at radius 2 is 2.05 bits per heavy atom. The number of aromatic nitrogens is 2. The van der Waals surface area contributed by atoms with Crippen LogP contribution in [0.15, 0.2) is 28.9 Å². The number of hydrogen-bond donors (Lipinski definition) is 1. The Morgan fingerprint density at radius 3 is 2.59 bits per heavy atom. The molecule has 22 heavy (non-hydrogen) atoms. The lowest BCUT2D eigenvalue weighted by molar-refractivity contribution is -0.390. The average Bonchev–Trinajstić information content (AvgIpc) is 2.82. The zero-order chi connectivity index (χ0) is 16.3. The number of amides is 1. The van der Waals surface area contributed by atoms with Crippen LogP contribution in [-0.4, -0.2) is 20.6 Å². The molecule has 0 unspecified atom stereocenters. The number of halogens is 3. The minimum absolute atomic E-state index is 0.0623. The molecular formula is C12H9BrCl2N4O3. The van der Waals surface area contributed by atoms with Crippen LogP contribution < -0.4 is 5.32 Å². The molecule has 1 heterocycles. The lowest BCUT2D eigenvalue weighted by Crippen LogP contribution is -2.15. The highest BCUT2D eigenvalue weighted by atomic mass is 79.9. The summed E-state index contributed by atoms with van der Waals surface area (Å²) in [5, 5.41) is 17.7. The maximum atomic E-state index is 11.9. The van der Waals surface area contributed by atoms with Gasteiger partial charge in [0.25, 0.3) is 0 Å². The van der Waals surface area contributed by atoms with E-state index in [4.69, 9.17) is 23.2 Å². The van der Waals surface area contributed by atoms with Gasteiger partial charge in [0.15, 0.2) is 0 Å². The first-order chi connectivity index (χ1) is 10.4. The molecule has 116 valence electrons. The molecule has 1 N–H and O–H groups in total. The summed E-state index contributed by atoms with van der Waals surface area (Å²) in [5.41, 5.74) is 0.337. The fraction of sp³-hybridized carbons (Fsp3) is 0.167. The fourth-order valence-electron chi connectivity index (χ4n) is 1.66. The largest absolute Gasteiger partial charge is 0.404 e. The van der Waals surface area contributed by atoms with E-state index in [0.29, 0.717) is 15.7 Å². The second kappa shape index (κ2) is 7.08. The molecule has 2 aromatic rings. The van der Waals surface area contributed by atoms with Gasteiger partial charge in [0, 0.05) is 6.42 Å². The fourth-order valence-corrected chi connectivity index (χ4v) is 2.61. The Bertz CT molecular complexity index is 715. The lowest BCUT2D eigenvalue weighted by Gasteiger charge is -2.08. The Hall–Kier alpha value is -1.64. The van der Waals surface area contributed by atoms with Crippen molar-refractivity contribution >= 4 is 56.5 Å². The Morgan fingerprint density at radius 1 is 1.41 bits per heavy atom. The molecule has 10 heteroatoms. The first kappa shape index (κ1) is 16.7. The third-order valence-electron chi connectivity index (χ3n) is 2.67. The van der Waals surface area contributed by atoms with Gasteiger partial charge in [-0.2, -0.15) is 4.68 Å². The predicted octanol–water partition coefficient (Wildman–Crippen LogP) is 3.89. The molecule has 0 saturated heterocycles. The second-order valence-corrected chi connectivity index (χ2v) is 5.88. The Balaban J connectivity index is 1.99. The standard InChI is InChI=1S/C12H9BrCl2N4O3/c13-7-6-18(17-12(7)19(21)22)5-4-10(20)16-11-8(14)2-1-3-9(11)15/h1-3,6H,4-5H2,(H,16,20). The van der Waals surface area contributed by atoms with Crippen LogP contribution in [0.4, 0.5) is 11.5 Å². The molecule has 0 radical (unpaired) electrons. The minimum atomic E-state index is -0.607. The molecule has 0 atom stereocenters. The maximum absolute atomic E-state index is 11.9. The number of nitro groups is 1. The summed E-state index contributed by atoms with van der Waals surface area (Å²) in [6.45, 7) is 0.181. The van der Waals surface area contributed by atoms with Gasteiger partial charge in [0.2, 0.25) is 5.91 Å². The molecular weight excluding hydrogens is 399 g/mol. The van der Waals surface area contributed by atoms with Crippen LogP contribution >= 0.6 is 39.1 Å². The molecule has 0 aliphatic heterocycles. The summed E-state index contributed by atoms with van der Waals surface area (Å²) in [6, 6.07) is 4.88. The molecule has 0 aliphatic carbocycles. The van der Waals surface area contributed by atoms with Gasteiger partial charge >= 0.3 is 5.82 Å². The molecule has 0 bridgehead atoms. The summed E-state index contributed by atoms with van der Waals surface area (Å²) >= 11 is 14.9. The van der Waals surface area contributed by atoms with Gasteiger partial charge in [-0.15, -0.1) is 0 Å². The van der Waals surface area contributed by atoms with E-state index in [1.54, 1.807) is 18.2 Å². The van der Waals surface area contributed by atoms with Crippen molar-refractivity contribution in [2.45, 2.75) is 13.0 Å². The normalized spacial score (nSPS) is 10.5. The van der Waals surface area contributed by atoms with Crippen LogP contribution in [-0.2, 0) is 11.3 Å². The van der Waals surface area contributed by atoms with Crippen molar-refractivity contribution in [3.05, 3.63) is 49.0 Å². The van der Waals surface area contributed by atoms with Crippen LogP contribution in [0.1, 0.15) is 6.42 Å². The van der Waals surface area contributed by atoms with E-state index in [1.165, 1.54) is 10.9 Å². The summed E-state index contributed by atoms with van der Waals surface area (Å²) < 4.78 is 1.57. The number of anilines is 1. The van der Waals surface area contributed by atoms with Gasteiger partial charge in [-0.1, -0.05) is 29.3 Å². The zero-order valence-electron chi connectivity index (χ0n) is 10.9. The predicted molar refractivity (Wildman–Crippen MR) is 86.3 cm³/mol. The van der Waals surface area contributed by atoms with Crippen molar-refractivity contribution in [2.24, 2.45) is 0 Å². The molecule has 0 fully saturated rings. The van der Waals surface area contributed by atoms with E-state index in [1.807, 2.05) is 0 Å². The molecule has 0 saturated carbocycles. The molecule has 1 aromatic carbocycles. The summed E-state index contributed by atoms with van der Waals surface area (Å²) in [5.74, 6) is -0.626. The van der Waals surface area contributed by atoms with Crippen LogP contribution in [0.5, 0.6) is 0 Å². The van der Waals surface area contributed by atoms with Gasteiger partial charge in [0.1, 0.15) is 4.47 Å².